The van der Waals surface area contributed by atoms with Crippen molar-refractivity contribution in [2.45, 2.75) is 0 Å². The summed E-state index contributed by atoms with van der Waals surface area (Å²) >= 11 is 0. The summed E-state index contributed by atoms with van der Waals surface area (Å²) in [5.41, 5.74) is 15.3. The molecule has 0 amide bonds. The first-order valence-corrected chi connectivity index (χ1v) is 19.6. The highest BCUT2D eigenvalue weighted by atomic mass is 16.3. The van der Waals surface area contributed by atoms with Gasteiger partial charge < -0.3 is 18.2 Å². The Bertz CT molecular complexity index is 3120. The van der Waals surface area contributed by atoms with E-state index in [-0.39, 0.29) is 0 Å². The molecule has 272 valence electrons. The van der Waals surface area contributed by atoms with Crippen LogP contribution in [0, 0.1) is 0 Å². The lowest BCUT2D eigenvalue weighted by Gasteiger charge is -2.26. The summed E-state index contributed by atoms with van der Waals surface area (Å²) in [5, 5.41) is 6.80. The Morgan fingerprint density at radius 3 is 0.793 bits per heavy atom. The molecule has 0 saturated carbocycles. The predicted octanol–water partition coefficient (Wildman–Crippen LogP) is 15.9. The highest BCUT2D eigenvalue weighted by Gasteiger charge is 2.16. The van der Waals surface area contributed by atoms with Gasteiger partial charge in [0.2, 0.25) is 0 Å². The summed E-state index contributed by atoms with van der Waals surface area (Å²) in [5.74, 6) is 0. The topological polar surface area (TPSA) is 42.7 Å². The fraction of sp³-hybridized carbons (Fsp3) is 0. The largest absolute Gasteiger partial charge is 0.456 e. The summed E-state index contributed by atoms with van der Waals surface area (Å²) in [6.45, 7) is 0. The Morgan fingerprint density at radius 2 is 0.483 bits per heavy atom. The second kappa shape index (κ2) is 12.9. The fourth-order valence-corrected chi connectivity index (χ4v) is 8.57. The third-order valence-electron chi connectivity index (χ3n) is 11.5. The van der Waals surface area contributed by atoms with Gasteiger partial charge in [0.15, 0.2) is 0 Å². The van der Waals surface area contributed by atoms with E-state index in [1.807, 2.05) is 36.4 Å². The average molecular weight is 744 g/mol. The number of hydrogen-bond donors (Lipinski definition) is 0. The first-order valence-electron chi connectivity index (χ1n) is 19.6. The first-order chi connectivity index (χ1) is 28.7. The molecule has 3 aromatic heterocycles. The third kappa shape index (κ3) is 5.31. The van der Waals surface area contributed by atoms with Crippen molar-refractivity contribution in [3.8, 4) is 33.4 Å². The van der Waals surface area contributed by atoms with Gasteiger partial charge in [0.25, 0.3) is 0 Å². The van der Waals surface area contributed by atoms with E-state index < -0.39 is 0 Å². The van der Waals surface area contributed by atoms with Crippen molar-refractivity contribution in [2.75, 3.05) is 4.90 Å². The summed E-state index contributed by atoms with van der Waals surface area (Å²) in [4.78, 5) is 2.31. The maximum Gasteiger partial charge on any atom is 0.136 e. The molecule has 9 aromatic carbocycles. The maximum atomic E-state index is 6.23. The second-order valence-electron chi connectivity index (χ2n) is 14.9. The number of hydrogen-bond acceptors (Lipinski definition) is 4. The zero-order valence-electron chi connectivity index (χ0n) is 31.2. The van der Waals surface area contributed by atoms with Crippen LogP contribution in [0.2, 0.25) is 0 Å². The molecule has 4 heteroatoms. The molecule has 0 unspecified atom stereocenters. The van der Waals surface area contributed by atoms with Crippen LogP contribution in [-0.2, 0) is 0 Å². The lowest BCUT2D eigenvalue weighted by atomic mass is 10.0. The van der Waals surface area contributed by atoms with Crippen molar-refractivity contribution in [1.29, 1.82) is 0 Å². The van der Waals surface area contributed by atoms with Gasteiger partial charge in [-0.15, -0.1) is 0 Å². The van der Waals surface area contributed by atoms with Crippen LogP contribution >= 0.6 is 0 Å². The third-order valence-corrected chi connectivity index (χ3v) is 11.5. The van der Waals surface area contributed by atoms with E-state index in [1.54, 1.807) is 0 Å². The minimum atomic E-state index is 0.892. The van der Waals surface area contributed by atoms with Gasteiger partial charge in [-0.3, -0.25) is 0 Å². The van der Waals surface area contributed by atoms with Crippen molar-refractivity contribution in [2.24, 2.45) is 0 Å². The molecule has 0 atom stereocenters. The van der Waals surface area contributed by atoms with Crippen LogP contribution in [-0.4, -0.2) is 0 Å². The fourth-order valence-electron chi connectivity index (χ4n) is 8.57. The number of furan rings is 3. The van der Waals surface area contributed by atoms with Gasteiger partial charge in [-0.2, -0.15) is 0 Å². The second-order valence-corrected chi connectivity index (χ2v) is 14.9. The Morgan fingerprint density at radius 1 is 0.224 bits per heavy atom. The number of para-hydroxylation sites is 3. The van der Waals surface area contributed by atoms with E-state index in [0.29, 0.717) is 0 Å². The van der Waals surface area contributed by atoms with E-state index in [9.17, 15) is 0 Å². The standard InChI is InChI=1S/C54H33NO3/c1-4-10-49-43(7-1)46-28-19-37(31-52(46)56-49)34-13-22-40(23-14-34)55(41-24-15-35(16-25-41)38-20-29-47-44-8-2-5-11-50(44)57-53(47)32-38)42-26-17-36(18-27-42)39-21-30-48-45-9-3-6-12-51(45)58-54(48)33-39/h1-33H. The molecule has 4 nitrogen and oxygen atoms in total. The van der Waals surface area contributed by atoms with Crippen LogP contribution in [0.5, 0.6) is 0 Å². The normalized spacial score (nSPS) is 11.8. The Kier molecular flexibility index (Phi) is 7.20. The minimum absolute atomic E-state index is 0.892. The van der Waals surface area contributed by atoms with E-state index in [1.165, 1.54) is 0 Å². The summed E-state index contributed by atoms with van der Waals surface area (Å²) < 4.78 is 18.7. The molecule has 0 aliphatic rings. The van der Waals surface area contributed by atoms with E-state index in [0.717, 1.165) is 116 Å². The van der Waals surface area contributed by atoms with Gasteiger partial charge >= 0.3 is 0 Å². The molecular formula is C54H33NO3. The lowest BCUT2D eigenvalue weighted by Crippen LogP contribution is -2.09. The Labute approximate surface area is 333 Å². The number of fused-ring (bicyclic) bond motifs is 9. The van der Waals surface area contributed by atoms with E-state index in [2.05, 4.69) is 169 Å². The van der Waals surface area contributed by atoms with Gasteiger partial charge in [-0.1, -0.05) is 109 Å². The molecule has 0 aliphatic heterocycles. The molecule has 0 saturated heterocycles. The van der Waals surface area contributed by atoms with Crippen LogP contribution in [0.3, 0.4) is 0 Å². The number of rotatable bonds is 6. The molecule has 12 rings (SSSR count). The smallest absolute Gasteiger partial charge is 0.136 e. The monoisotopic (exact) mass is 743 g/mol. The van der Waals surface area contributed by atoms with Crippen LogP contribution in [0.25, 0.3) is 99.2 Å². The Hall–Kier alpha value is -7.82. The highest BCUT2D eigenvalue weighted by Crippen LogP contribution is 2.40. The summed E-state index contributed by atoms with van der Waals surface area (Å²) in [6, 6.07) is 70.4. The molecule has 0 bridgehead atoms. The zero-order chi connectivity index (χ0) is 38.2. The van der Waals surface area contributed by atoms with Crippen LogP contribution in [0.1, 0.15) is 0 Å². The molecule has 0 N–H and O–H groups in total. The average Bonchev–Trinajstić information content (AvgIpc) is 3.97. The van der Waals surface area contributed by atoms with Gasteiger partial charge in [0.1, 0.15) is 33.5 Å². The minimum Gasteiger partial charge on any atom is -0.456 e. The molecule has 0 spiro atoms. The SMILES string of the molecule is c1ccc2c(c1)oc1cc(-c3ccc(N(c4ccc(-c5ccc6c(c5)oc5ccccc56)cc4)c4ccc(-c5ccc6c(c5)oc5ccccc56)cc4)cc3)ccc12. The van der Waals surface area contributed by atoms with Crippen molar-refractivity contribution in [3.63, 3.8) is 0 Å². The van der Waals surface area contributed by atoms with E-state index >= 15 is 0 Å². The lowest BCUT2D eigenvalue weighted by molar-refractivity contribution is 0.668. The number of nitrogens with zero attached hydrogens (tertiary/aromatic N) is 1. The zero-order valence-corrected chi connectivity index (χ0v) is 31.2. The summed E-state index contributed by atoms with van der Waals surface area (Å²) in [7, 11) is 0. The highest BCUT2D eigenvalue weighted by molar-refractivity contribution is 6.08. The maximum absolute atomic E-state index is 6.23. The van der Waals surface area contributed by atoms with Crippen molar-refractivity contribution in [1.82, 2.24) is 0 Å². The quantitative estimate of drug-likeness (QED) is 0.170. The number of anilines is 3. The number of benzene rings is 9. The van der Waals surface area contributed by atoms with Gasteiger partial charge in [-0.05, 0) is 124 Å². The molecular weight excluding hydrogens is 711 g/mol. The molecule has 0 aliphatic carbocycles. The molecule has 0 fully saturated rings. The van der Waals surface area contributed by atoms with Crippen molar-refractivity contribution < 1.29 is 13.3 Å². The van der Waals surface area contributed by atoms with E-state index in [4.69, 9.17) is 13.3 Å². The van der Waals surface area contributed by atoms with Gasteiger partial charge in [0, 0.05) is 49.4 Å². The summed E-state index contributed by atoms with van der Waals surface area (Å²) in [6.07, 6.45) is 0. The van der Waals surface area contributed by atoms with Crippen LogP contribution in [0.15, 0.2) is 213 Å². The van der Waals surface area contributed by atoms with Crippen molar-refractivity contribution >= 4 is 82.9 Å². The van der Waals surface area contributed by atoms with Gasteiger partial charge in [0.05, 0.1) is 0 Å². The molecule has 58 heavy (non-hydrogen) atoms. The Balaban J connectivity index is 0.911. The van der Waals surface area contributed by atoms with Gasteiger partial charge in [-0.25, -0.2) is 0 Å². The predicted molar refractivity (Wildman–Crippen MR) is 239 cm³/mol. The van der Waals surface area contributed by atoms with Crippen LogP contribution < -0.4 is 4.90 Å². The molecule has 12 aromatic rings. The van der Waals surface area contributed by atoms with Crippen LogP contribution in [0.4, 0.5) is 17.1 Å². The molecule has 3 heterocycles. The first kappa shape index (κ1) is 32.4. The van der Waals surface area contributed by atoms with Crippen molar-refractivity contribution in [3.05, 3.63) is 200 Å². The molecule has 0 radical (unpaired) electrons.